The lowest BCUT2D eigenvalue weighted by atomic mass is 10.1. The summed E-state index contributed by atoms with van der Waals surface area (Å²) in [6, 6.07) is 17.5. The van der Waals surface area contributed by atoms with Crippen molar-refractivity contribution in [1.82, 2.24) is 4.72 Å². The summed E-state index contributed by atoms with van der Waals surface area (Å²) in [4.78, 5) is 22.7. The van der Waals surface area contributed by atoms with Gasteiger partial charge in [-0.1, -0.05) is 48.5 Å². The minimum absolute atomic E-state index is 0.146. The first-order chi connectivity index (χ1) is 10.8. The highest BCUT2D eigenvalue weighted by molar-refractivity contribution is 8.01. The van der Waals surface area contributed by atoms with Crippen molar-refractivity contribution in [2.75, 3.05) is 5.88 Å². The Balaban J connectivity index is 1.86. The fourth-order valence-corrected chi connectivity index (χ4v) is 3.78. The van der Waals surface area contributed by atoms with Gasteiger partial charge in [0.15, 0.2) is 6.29 Å². The van der Waals surface area contributed by atoms with Crippen LogP contribution in [0.5, 0.6) is 0 Å². The minimum Gasteiger partial charge on any atom is -0.303 e. The molecule has 0 fully saturated rings. The standard InChI is InChI=1S/C17H17NO2S2/c19-11-10-16(14-6-2-1-3-7-14)21-13-18-22-17-9-5-4-8-15(17)12-20/h1-9,11-12,16,18H,10,13H2. The zero-order chi connectivity index (χ0) is 15.6. The molecule has 2 aromatic rings. The number of aldehydes is 2. The summed E-state index contributed by atoms with van der Waals surface area (Å²) in [5.74, 6) is 0.686. The lowest BCUT2D eigenvalue weighted by Crippen LogP contribution is -2.06. The van der Waals surface area contributed by atoms with Crippen LogP contribution >= 0.6 is 23.7 Å². The van der Waals surface area contributed by atoms with Crippen LogP contribution in [-0.4, -0.2) is 18.4 Å². The largest absolute Gasteiger partial charge is 0.303 e. The minimum atomic E-state index is 0.146. The summed E-state index contributed by atoms with van der Waals surface area (Å²) >= 11 is 3.12. The third-order valence-corrected chi connectivity index (χ3v) is 5.29. The molecule has 2 aromatic carbocycles. The van der Waals surface area contributed by atoms with Crippen molar-refractivity contribution in [2.24, 2.45) is 0 Å². The van der Waals surface area contributed by atoms with E-state index in [0.29, 0.717) is 17.9 Å². The van der Waals surface area contributed by atoms with Gasteiger partial charge in [-0.15, -0.1) is 11.8 Å². The molecule has 114 valence electrons. The molecule has 0 spiro atoms. The van der Waals surface area contributed by atoms with E-state index in [0.717, 1.165) is 23.0 Å². The van der Waals surface area contributed by atoms with Crippen LogP contribution in [0.1, 0.15) is 27.6 Å². The molecule has 0 radical (unpaired) electrons. The molecule has 0 amide bonds. The van der Waals surface area contributed by atoms with Crippen molar-refractivity contribution in [3.8, 4) is 0 Å². The number of hydrogen-bond donors (Lipinski definition) is 1. The molecule has 0 aliphatic heterocycles. The molecule has 0 aliphatic rings. The summed E-state index contributed by atoms with van der Waals surface area (Å²) in [7, 11) is 0. The first-order valence-electron chi connectivity index (χ1n) is 6.89. The maximum atomic E-state index is 11.0. The molecule has 3 nitrogen and oxygen atoms in total. The highest BCUT2D eigenvalue weighted by Gasteiger charge is 2.11. The second-order valence-corrected chi connectivity index (χ2v) is 6.64. The smallest absolute Gasteiger partial charge is 0.151 e. The number of carbonyl (C=O) groups is 2. The Labute approximate surface area is 139 Å². The molecule has 1 atom stereocenters. The molecular weight excluding hydrogens is 314 g/mol. The second-order valence-electron chi connectivity index (χ2n) is 4.51. The van der Waals surface area contributed by atoms with Gasteiger partial charge < -0.3 is 4.79 Å². The van der Waals surface area contributed by atoms with Crippen molar-refractivity contribution in [1.29, 1.82) is 0 Å². The van der Waals surface area contributed by atoms with Crippen LogP contribution < -0.4 is 4.72 Å². The van der Waals surface area contributed by atoms with E-state index < -0.39 is 0 Å². The topological polar surface area (TPSA) is 46.2 Å². The molecule has 0 aliphatic carbocycles. The molecule has 1 unspecified atom stereocenters. The molecule has 2 rings (SSSR count). The Kier molecular flexibility index (Phi) is 7.22. The summed E-state index contributed by atoms with van der Waals surface area (Å²) in [5, 5.41) is 0.146. The van der Waals surface area contributed by atoms with Crippen LogP contribution in [0, 0.1) is 0 Å². The number of nitrogens with one attached hydrogen (secondary N) is 1. The first kappa shape index (κ1) is 16.8. The Bertz CT molecular complexity index is 605. The highest BCUT2D eigenvalue weighted by Crippen LogP contribution is 2.31. The van der Waals surface area contributed by atoms with Gasteiger partial charge in [0, 0.05) is 22.1 Å². The fourth-order valence-electron chi connectivity index (χ4n) is 1.97. The van der Waals surface area contributed by atoms with E-state index in [9.17, 15) is 9.59 Å². The van der Waals surface area contributed by atoms with Gasteiger partial charge >= 0.3 is 0 Å². The maximum Gasteiger partial charge on any atom is 0.151 e. The third-order valence-electron chi connectivity index (χ3n) is 3.05. The van der Waals surface area contributed by atoms with E-state index >= 15 is 0 Å². The van der Waals surface area contributed by atoms with Crippen molar-refractivity contribution in [2.45, 2.75) is 16.6 Å². The van der Waals surface area contributed by atoms with E-state index in [-0.39, 0.29) is 5.25 Å². The van der Waals surface area contributed by atoms with Gasteiger partial charge in [-0.25, -0.2) is 4.72 Å². The van der Waals surface area contributed by atoms with Gasteiger partial charge in [0.1, 0.15) is 6.29 Å². The number of hydrogen-bond acceptors (Lipinski definition) is 5. The lowest BCUT2D eigenvalue weighted by molar-refractivity contribution is -0.107. The molecule has 0 heterocycles. The molecule has 0 aromatic heterocycles. The molecule has 5 heteroatoms. The number of thioether (sulfide) groups is 1. The van der Waals surface area contributed by atoms with E-state index in [1.807, 2.05) is 48.5 Å². The zero-order valence-electron chi connectivity index (χ0n) is 12.0. The third kappa shape index (κ3) is 5.02. The van der Waals surface area contributed by atoms with Gasteiger partial charge in [0.25, 0.3) is 0 Å². The molecule has 0 bridgehead atoms. The average Bonchev–Trinajstić information content (AvgIpc) is 2.58. The molecule has 0 saturated carbocycles. The Hall–Kier alpha value is -1.56. The van der Waals surface area contributed by atoms with Crippen LogP contribution in [0.3, 0.4) is 0 Å². The maximum absolute atomic E-state index is 11.0. The first-order valence-corrected chi connectivity index (χ1v) is 8.75. The zero-order valence-corrected chi connectivity index (χ0v) is 13.6. The molecule has 0 saturated heterocycles. The summed E-state index contributed by atoms with van der Waals surface area (Å²) in [6.07, 6.45) is 2.31. The quantitative estimate of drug-likeness (QED) is 0.324. The highest BCUT2D eigenvalue weighted by atomic mass is 32.2. The Morgan fingerprint density at radius 2 is 1.73 bits per heavy atom. The van der Waals surface area contributed by atoms with Crippen LogP contribution in [0.4, 0.5) is 0 Å². The van der Waals surface area contributed by atoms with Crippen LogP contribution in [0.2, 0.25) is 0 Å². The molecule has 1 N–H and O–H groups in total. The van der Waals surface area contributed by atoms with Gasteiger partial charge in [-0.05, 0) is 23.6 Å². The Morgan fingerprint density at radius 3 is 2.45 bits per heavy atom. The summed E-state index contributed by atoms with van der Waals surface area (Å²) < 4.78 is 3.24. The Morgan fingerprint density at radius 1 is 1.00 bits per heavy atom. The van der Waals surface area contributed by atoms with Gasteiger partial charge in [0.05, 0.1) is 5.88 Å². The van der Waals surface area contributed by atoms with Crippen LogP contribution in [0.15, 0.2) is 59.5 Å². The van der Waals surface area contributed by atoms with E-state index in [1.54, 1.807) is 17.8 Å². The monoisotopic (exact) mass is 331 g/mol. The van der Waals surface area contributed by atoms with Crippen LogP contribution in [0.25, 0.3) is 0 Å². The summed E-state index contributed by atoms with van der Waals surface area (Å²) in [6.45, 7) is 0. The predicted molar refractivity (Wildman–Crippen MR) is 93.1 cm³/mol. The normalized spacial score (nSPS) is 11.8. The fraction of sp³-hybridized carbons (Fsp3) is 0.176. The van der Waals surface area contributed by atoms with Crippen molar-refractivity contribution >= 4 is 36.3 Å². The lowest BCUT2D eigenvalue weighted by Gasteiger charge is -2.14. The van der Waals surface area contributed by atoms with Gasteiger partial charge in [-0.2, -0.15) is 0 Å². The van der Waals surface area contributed by atoms with Crippen molar-refractivity contribution < 1.29 is 9.59 Å². The number of carbonyl (C=O) groups excluding carboxylic acids is 2. The number of benzene rings is 2. The SMILES string of the molecule is O=CCC(SCNSc1ccccc1C=O)c1ccccc1. The summed E-state index contributed by atoms with van der Waals surface area (Å²) in [5.41, 5.74) is 1.83. The van der Waals surface area contributed by atoms with Crippen molar-refractivity contribution in [3.63, 3.8) is 0 Å². The molecule has 22 heavy (non-hydrogen) atoms. The van der Waals surface area contributed by atoms with E-state index in [2.05, 4.69) is 4.72 Å². The number of rotatable bonds is 9. The van der Waals surface area contributed by atoms with E-state index in [4.69, 9.17) is 0 Å². The van der Waals surface area contributed by atoms with E-state index in [1.165, 1.54) is 11.9 Å². The average molecular weight is 331 g/mol. The molecular formula is C17H17NO2S2. The second kappa shape index (κ2) is 9.46. The van der Waals surface area contributed by atoms with Crippen molar-refractivity contribution in [3.05, 3.63) is 65.7 Å². The van der Waals surface area contributed by atoms with Crippen LogP contribution in [-0.2, 0) is 4.79 Å². The van der Waals surface area contributed by atoms with Gasteiger partial charge in [-0.3, -0.25) is 4.79 Å². The van der Waals surface area contributed by atoms with Gasteiger partial charge in [0.2, 0.25) is 0 Å². The predicted octanol–water partition coefficient (Wildman–Crippen LogP) is 4.12.